The van der Waals surface area contributed by atoms with E-state index in [1.165, 1.54) is 0 Å². The maximum atomic E-state index is 12.2. The molecule has 1 heterocycles. The van der Waals surface area contributed by atoms with E-state index in [0.29, 0.717) is 32.7 Å². The second-order valence-corrected chi connectivity index (χ2v) is 4.57. The zero-order chi connectivity index (χ0) is 13.7. The van der Waals surface area contributed by atoms with E-state index in [1.54, 1.807) is 12.0 Å². The molecule has 1 atom stereocenters. The molecule has 1 aliphatic rings. The highest BCUT2D eigenvalue weighted by atomic mass is 16.5. The Balaban J connectivity index is 2.03. The van der Waals surface area contributed by atoms with Crippen LogP contribution in [0.5, 0.6) is 5.75 Å². The van der Waals surface area contributed by atoms with Gasteiger partial charge in [-0.05, 0) is 6.07 Å². The number of nitrogens with zero attached hydrogens (tertiary/aromatic N) is 1. The van der Waals surface area contributed by atoms with Gasteiger partial charge >= 0.3 is 0 Å². The second kappa shape index (κ2) is 6.54. The second-order valence-electron chi connectivity index (χ2n) is 4.57. The smallest absolute Gasteiger partial charge is 0.225 e. The molecule has 0 bridgehead atoms. The van der Waals surface area contributed by atoms with Crippen LogP contribution < -0.4 is 10.5 Å². The van der Waals surface area contributed by atoms with Crippen LogP contribution in [0.15, 0.2) is 24.3 Å². The summed E-state index contributed by atoms with van der Waals surface area (Å²) >= 11 is 0. The molecule has 0 saturated carbocycles. The summed E-state index contributed by atoms with van der Waals surface area (Å²) in [6.07, 6.45) is 0.0988. The lowest BCUT2D eigenvalue weighted by molar-refractivity contribution is -0.134. The zero-order valence-electron chi connectivity index (χ0n) is 11.2. The number of carbonyl (C=O) groups excluding carboxylic acids is 1. The standard InChI is InChI=1S/C14H20N2O3/c1-18-12(9-15)8-14(17)16-6-7-19-13-5-3-2-4-11(13)10-16/h2-5,12H,6-10,15H2,1H3. The van der Waals surface area contributed by atoms with Gasteiger partial charge in [-0.2, -0.15) is 0 Å². The summed E-state index contributed by atoms with van der Waals surface area (Å²) in [7, 11) is 1.58. The van der Waals surface area contributed by atoms with E-state index in [2.05, 4.69) is 0 Å². The number of nitrogens with two attached hydrogens (primary N) is 1. The van der Waals surface area contributed by atoms with E-state index in [9.17, 15) is 4.79 Å². The molecule has 1 amide bonds. The van der Waals surface area contributed by atoms with Crippen molar-refractivity contribution in [3.63, 3.8) is 0 Å². The number of rotatable bonds is 4. The predicted molar refractivity (Wildman–Crippen MR) is 71.8 cm³/mol. The third-order valence-corrected chi connectivity index (χ3v) is 3.30. The highest BCUT2D eigenvalue weighted by molar-refractivity contribution is 5.77. The normalized spacial score (nSPS) is 16.2. The van der Waals surface area contributed by atoms with Crippen LogP contribution in [0.1, 0.15) is 12.0 Å². The van der Waals surface area contributed by atoms with Gasteiger partial charge < -0.3 is 20.1 Å². The van der Waals surface area contributed by atoms with E-state index in [0.717, 1.165) is 11.3 Å². The molecular formula is C14H20N2O3. The number of para-hydroxylation sites is 1. The van der Waals surface area contributed by atoms with Gasteiger partial charge in [-0.1, -0.05) is 18.2 Å². The van der Waals surface area contributed by atoms with E-state index < -0.39 is 0 Å². The molecule has 1 aliphatic heterocycles. The van der Waals surface area contributed by atoms with Gasteiger partial charge in [0.1, 0.15) is 12.4 Å². The number of hydrogen-bond donors (Lipinski definition) is 1. The highest BCUT2D eigenvalue weighted by Gasteiger charge is 2.21. The van der Waals surface area contributed by atoms with Crippen LogP contribution in [0, 0.1) is 0 Å². The van der Waals surface area contributed by atoms with Gasteiger partial charge in [0.25, 0.3) is 0 Å². The molecular weight excluding hydrogens is 244 g/mol. The fourth-order valence-corrected chi connectivity index (χ4v) is 2.13. The fourth-order valence-electron chi connectivity index (χ4n) is 2.13. The maximum absolute atomic E-state index is 12.2. The van der Waals surface area contributed by atoms with Gasteiger partial charge in [0.05, 0.1) is 19.1 Å². The molecule has 5 heteroatoms. The highest BCUT2D eigenvalue weighted by Crippen LogP contribution is 2.22. The number of methoxy groups -OCH3 is 1. The van der Waals surface area contributed by atoms with Crippen molar-refractivity contribution < 1.29 is 14.3 Å². The molecule has 1 unspecified atom stereocenters. The summed E-state index contributed by atoms with van der Waals surface area (Å²) in [5.74, 6) is 0.914. The Hall–Kier alpha value is -1.59. The quantitative estimate of drug-likeness (QED) is 0.872. The summed E-state index contributed by atoms with van der Waals surface area (Å²) in [5.41, 5.74) is 6.59. The molecule has 2 N–H and O–H groups in total. The number of benzene rings is 1. The number of hydrogen-bond acceptors (Lipinski definition) is 4. The Morgan fingerprint density at radius 3 is 3.05 bits per heavy atom. The first-order valence-electron chi connectivity index (χ1n) is 6.46. The summed E-state index contributed by atoms with van der Waals surface area (Å²) < 4.78 is 10.8. The first-order chi connectivity index (χ1) is 9.24. The van der Waals surface area contributed by atoms with Gasteiger partial charge in [-0.15, -0.1) is 0 Å². The summed E-state index contributed by atoms with van der Waals surface area (Å²) in [5, 5.41) is 0. The van der Waals surface area contributed by atoms with Crippen LogP contribution in [0.3, 0.4) is 0 Å². The van der Waals surface area contributed by atoms with E-state index in [1.807, 2.05) is 24.3 Å². The number of fused-ring (bicyclic) bond motifs is 1. The minimum Gasteiger partial charge on any atom is -0.491 e. The van der Waals surface area contributed by atoms with E-state index in [-0.39, 0.29) is 12.0 Å². The molecule has 5 nitrogen and oxygen atoms in total. The fraction of sp³-hybridized carbons (Fsp3) is 0.500. The minimum atomic E-state index is -0.216. The Bertz CT molecular complexity index is 432. The van der Waals surface area contributed by atoms with Gasteiger partial charge in [-0.3, -0.25) is 4.79 Å². The van der Waals surface area contributed by atoms with Crippen molar-refractivity contribution in [1.29, 1.82) is 0 Å². The van der Waals surface area contributed by atoms with Crippen LogP contribution in [-0.4, -0.2) is 43.7 Å². The Morgan fingerprint density at radius 2 is 2.32 bits per heavy atom. The van der Waals surface area contributed by atoms with Crippen molar-refractivity contribution in [2.75, 3.05) is 26.8 Å². The van der Waals surface area contributed by atoms with Crippen molar-refractivity contribution in [1.82, 2.24) is 4.90 Å². The number of amides is 1. The Morgan fingerprint density at radius 1 is 1.53 bits per heavy atom. The van der Waals surface area contributed by atoms with E-state index >= 15 is 0 Å². The van der Waals surface area contributed by atoms with Crippen LogP contribution >= 0.6 is 0 Å². The monoisotopic (exact) mass is 264 g/mol. The summed E-state index contributed by atoms with van der Waals surface area (Å²) in [4.78, 5) is 14.0. The number of ether oxygens (including phenoxy) is 2. The first-order valence-corrected chi connectivity index (χ1v) is 6.46. The molecule has 0 radical (unpaired) electrons. The molecule has 104 valence electrons. The molecule has 1 aromatic carbocycles. The molecule has 2 rings (SSSR count). The lowest BCUT2D eigenvalue weighted by Gasteiger charge is -2.22. The Kier molecular flexibility index (Phi) is 4.76. The molecule has 0 saturated heterocycles. The average molecular weight is 264 g/mol. The predicted octanol–water partition coefficient (Wildman–Crippen LogP) is 0.771. The first kappa shape index (κ1) is 13.8. The molecule has 0 aromatic heterocycles. The SMILES string of the molecule is COC(CN)CC(=O)N1CCOc2ccccc2C1. The molecule has 0 fully saturated rings. The lowest BCUT2D eigenvalue weighted by Crippen LogP contribution is -2.36. The topological polar surface area (TPSA) is 64.8 Å². The number of carbonyl (C=O) groups is 1. The van der Waals surface area contributed by atoms with Gasteiger partial charge in [0.2, 0.25) is 5.91 Å². The molecule has 0 aliphatic carbocycles. The molecule has 1 aromatic rings. The summed E-state index contributed by atoms with van der Waals surface area (Å²) in [6, 6.07) is 7.80. The largest absolute Gasteiger partial charge is 0.491 e. The van der Waals surface area contributed by atoms with Gasteiger partial charge in [-0.25, -0.2) is 0 Å². The lowest BCUT2D eigenvalue weighted by atomic mass is 10.1. The van der Waals surface area contributed by atoms with Crippen molar-refractivity contribution in [2.24, 2.45) is 5.73 Å². The van der Waals surface area contributed by atoms with Crippen molar-refractivity contribution in [3.05, 3.63) is 29.8 Å². The third kappa shape index (κ3) is 3.45. The van der Waals surface area contributed by atoms with Crippen molar-refractivity contribution in [3.8, 4) is 5.75 Å². The van der Waals surface area contributed by atoms with E-state index in [4.69, 9.17) is 15.2 Å². The van der Waals surface area contributed by atoms with Gasteiger partial charge in [0, 0.05) is 25.8 Å². The van der Waals surface area contributed by atoms with Crippen LogP contribution in [0.25, 0.3) is 0 Å². The van der Waals surface area contributed by atoms with Gasteiger partial charge in [0.15, 0.2) is 0 Å². The van der Waals surface area contributed by atoms with Crippen LogP contribution in [0.2, 0.25) is 0 Å². The zero-order valence-corrected chi connectivity index (χ0v) is 11.2. The minimum absolute atomic E-state index is 0.0533. The molecule has 0 spiro atoms. The average Bonchev–Trinajstić information content (AvgIpc) is 2.66. The maximum Gasteiger partial charge on any atom is 0.225 e. The summed E-state index contributed by atoms with van der Waals surface area (Å²) in [6.45, 7) is 2.04. The third-order valence-electron chi connectivity index (χ3n) is 3.30. The van der Waals surface area contributed by atoms with Crippen LogP contribution in [-0.2, 0) is 16.1 Å². The van der Waals surface area contributed by atoms with Crippen LogP contribution in [0.4, 0.5) is 0 Å². The van der Waals surface area contributed by atoms with Crippen molar-refractivity contribution in [2.45, 2.75) is 19.1 Å². The molecule has 19 heavy (non-hydrogen) atoms. The van der Waals surface area contributed by atoms with Crippen molar-refractivity contribution >= 4 is 5.91 Å². The Labute approximate surface area is 113 Å².